The zero-order valence-electron chi connectivity index (χ0n) is 16.5. The SMILES string of the molecule is Cc1ccc(-n2nc(C)c3c(Cl)c(C(=O)N[C@H]4CCCC[C@H]4C)cnc32)cc1. The number of rotatable bonds is 3. The van der Waals surface area contributed by atoms with Crippen LogP contribution in [-0.2, 0) is 0 Å². The fourth-order valence-electron chi connectivity index (χ4n) is 4.01. The molecule has 3 aromatic rings. The highest BCUT2D eigenvalue weighted by atomic mass is 35.5. The maximum atomic E-state index is 12.9. The number of aryl methyl sites for hydroxylation is 2. The van der Waals surface area contributed by atoms with Crippen LogP contribution in [0.2, 0.25) is 5.02 Å². The third kappa shape index (κ3) is 3.39. The molecule has 1 N–H and O–H groups in total. The fraction of sp³-hybridized carbons (Fsp3) is 0.409. The molecule has 0 radical (unpaired) electrons. The predicted octanol–water partition coefficient (Wildman–Crippen LogP) is 5.00. The van der Waals surface area contributed by atoms with Gasteiger partial charge in [0.15, 0.2) is 5.65 Å². The van der Waals surface area contributed by atoms with E-state index in [0.717, 1.165) is 36.0 Å². The Hall–Kier alpha value is -2.40. The molecule has 5 nitrogen and oxygen atoms in total. The van der Waals surface area contributed by atoms with E-state index in [-0.39, 0.29) is 11.9 Å². The van der Waals surface area contributed by atoms with Crippen molar-refractivity contribution in [2.24, 2.45) is 5.92 Å². The first-order chi connectivity index (χ1) is 13.5. The van der Waals surface area contributed by atoms with Crippen molar-refractivity contribution < 1.29 is 4.79 Å². The predicted molar refractivity (Wildman–Crippen MR) is 112 cm³/mol. The minimum Gasteiger partial charge on any atom is -0.349 e. The van der Waals surface area contributed by atoms with Crippen LogP contribution >= 0.6 is 11.6 Å². The van der Waals surface area contributed by atoms with Gasteiger partial charge in [-0.25, -0.2) is 9.67 Å². The third-order valence-electron chi connectivity index (χ3n) is 5.76. The van der Waals surface area contributed by atoms with Gasteiger partial charge in [0, 0.05) is 12.2 Å². The summed E-state index contributed by atoms with van der Waals surface area (Å²) in [5, 5.41) is 8.93. The number of aromatic nitrogens is 3. The molecule has 4 rings (SSSR count). The number of carbonyl (C=O) groups is 1. The van der Waals surface area contributed by atoms with Gasteiger partial charge in [-0.2, -0.15) is 5.10 Å². The molecule has 1 saturated carbocycles. The zero-order valence-corrected chi connectivity index (χ0v) is 17.3. The molecule has 2 aromatic heterocycles. The van der Waals surface area contributed by atoms with E-state index in [4.69, 9.17) is 11.6 Å². The number of nitrogens with one attached hydrogen (secondary N) is 1. The number of carbonyl (C=O) groups excluding carboxylic acids is 1. The van der Waals surface area contributed by atoms with Gasteiger partial charge in [-0.3, -0.25) is 4.79 Å². The topological polar surface area (TPSA) is 59.8 Å². The first-order valence-electron chi connectivity index (χ1n) is 9.87. The lowest BCUT2D eigenvalue weighted by Gasteiger charge is -2.29. The van der Waals surface area contributed by atoms with Crippen molar-refractivity contribution in [2.75, 3.05) is 0 Å². The van der Waals surface area contributed by atoms with Crippen LogP contribution in [0.5, 0.6) is 0 Å². The quantitative estimate of drug-likeness (QED) is 0.677. The molecule has 6 heteroatoms. The second kappa shape index (κ2) is 7.55. The van der Waals surface area contributed by atoms with E-state index in [0.29, 0.717) is 22.2 Å². The van der Waals surface area contributed by atoms with Crippen molar-refractivity contribution in [3.63, 3.8) is 0 Å². The van der Waals surface area contributed by atoms with Gasteiger partial charge in [0.25, 0.3) is 5.91 Å². The monoisotopic (exact) mass is 396 g/mol. The molecular formula is C22H25ClN4O. The van der Waals surface area contributed by atoms with Crippen LogP contribution in [-0.4, -0.2) is 26.7 Å². The van der Waals surface area contributed by atoms with Gasteiger partial charge in [-0.05, 0) is 44.7 Å². The Balaban J connectivity index is 1.70. The molecule has 0 aliphatic heterocycles. The van der Waals surface area contributed by atoms with E-state index in [1.54, 1.807) is 10.9 Å². The molecule has 1 aromatic carbocycles. The molecule has 2 heterocycles. The van der Waals surface area contributed by atoms with E-state index in [1.807, 2.05) is 38.1 Å². The summed E-state index contributed by atoms with van der Waals surface area (Å²) in [5.41, 5.74) is 3.93. The van der Waals surface area contributed by atoms with Crippen molar-refractivity contribution in [3.8, 4) is 5.69 Å². The molecular weight excluding hydrogens is 372 g/mol. The van der Waals surface area contributed by atoms with Crippen LogP contribution < -0.4 is 5.32 Å². The Bertz CT molecular complexity index is 1030. The van der Waals surface area contributed by atoms with Crippen molar-refractivity contribution in [2.45, 2.75) is 52.5 Å². The number of fused-ring (bicyclic) bond motifs is 1. The zero-order chi connectivity index (χ0) is 19.8. The summed E-state index contributed by atoms with van der Waals surface area (Å²) in [5.74, 6) is 0.333. The number of benzene rings is 1. The number of pyridine rings is 1. The molecule has 1 amide bonds. The summed E-state index contributed by atoms with van der Waals surface area (Å²) in [7, 11) is 0. The van der Waals surface area contributed by atoms with Gasteiger partial charge >= 0.3 is 0 Å². The van der Waals surface area contributed by atoms with Gasteiger partial charge < -0.3 is 5.32 Å². The molecule has 0 unspecified atom stereocenters. The van der Waals surface area contributed by atoms with Crippen LogP contribution in [0.1, 0.15) is 54.2 Å². The number of hydrogen-bond acceptors (Lipinski definition) is 3. The molecule has 0 saturated heterocycles. The van der Waals surface area contributed by atoms with Gasteiger partial charge in [0.1, 0.15) is 0 Å². The lowest BCUT2D eigenvalue weighted by molar-refractivity contribution is 0.0910. The van der Waals surface area contributed by atoms with Gasteiger partial charge in [0.05, 0.1) is 27.4 Å². The molecule has 146 valence electrons. The fourth-order valence-corrected chi connectivity index (χ4v) is 4.37. The van der Waals surface area contributed by atoms with Crippen molar-refractivity contribution >= 4 is 28.5 Å². The highest BCUT2D eigenvalue weighted by Crippen LogP contribution is 2.31. The summed E-state index contributed by atoms with van der Waals surface area (Å²) in [6, 6.07) is 8.27. The average molecular weight is 397 g/mol. The van der Waals surface area contributed by atoms with Crippen LogP contribution in [0.4, 0.5) is 0 Å². The molecule has 1 aliphatic carbocycles. The lowest BCUT2D eigenvalue weighted by atomic mass is 9.86. The molecule has 1 aliphatic rings. The normalized spacial score (nSPS) is 19.7. The molecule has 0 spiro atoms. The molecule has 0 bridgehead atoms. The standard InChI is InChI=1S/C22H25ClN4O/c1-13-8-10-16(11-9-13)27-21-19(15(3)26-27)20(23)17(12-24-21)22(28)25-18-7-5-4-6-14(18)2/h8-12,14,18H,4-7H2,1-3H3,(H,25,28)/t14-,18+/m1/s1. The Morgan fingerprint density at radius 3 is 2.61 bits per heavy atom. The maximum absolute atomic E-state index is 12.9. The van der Waals surface area contributed by atoms with E-state index >= 15 is 0 Å². The Morgan fingerprint density at radius 1 is 1.18 bits per heavy atom. The summed E-state index contributed by atoms with van der Waals surface area (Å²) in [6.45, 7) is 6.14. The molecule has 28 heavy (non-hydrogen) atoms. The largest absolute Gasteiger partial charge is 0.349 e. The number of amides is 1. The van der Waals surface area contributed by atoms with E-state index in [2.05, 4.69) is 22.3 Å². The minimum atomic E-state index is -0.152. The van der Waals surface area contributed by atoms with E-state index in [1.165, 1.54) is 12.0 Å². The summed E-state index contributed by atoms with van der Waals surface area (Å²) in [4.78, 5) is 17.4. The number of halogens is 1. The van der Waals surface area contributed by atoms with Gasteiger partial charge in [-0.15, -0.1) is 0 Å². The summed E-state index contributed by atoms with van der Waals surface area (Å²) >= 11 is 6.67. The van der Waals surface area contributed by atoms with E-state index in [9.17, 15) is 4.79 Å². The van der Waals surface area contributed by atoms with Crippen molar-refractivity contribution in [3.05, 3.63) is 52.3 Å². The first kappa shape index (κ1) is 18.9. The lowest BCUT2D eigenvalue weighted by Crippen LogP contribution is -2.41. The van der Waals surface area contributed by atoms with Gasteiger partial charge in [0.2, 0.25) is 0 Å². The summed E-state index contributed by atoms with van der Waals surface area (Å²) in [6.07, 6.45) is 6.13. The van der Waals surface area contributed by atoms with Crippen LogP contribution in [0.15, 0.2) is 30.5 Å². The second-order valence-corrected chi connectivity index (χ2v) is 8.24. The van der Waals surface area contributed by atoms with Crippen molar-refractivity contribution in [1.82, 2.24) is 20.1 Å². The van der Waals surface area contributed by atoms with Crippen LogP contribution in [0.3, 0.4) is 0 Å². The van der Waals surface area contributed by atoms with Crippen LogP contribution in [0, 0.1) is 19.8 Å². The molecule has 2 atom stereocenters. The van der Waals surface area contributed by atoms with Crippen molar-refractivity contribution in [1.29, 1.82) is 0 Å². The minimum absolute atomic E-state index is 0.152. The Morgan fingerprint density at radius 2 is 1.89 bits per heavy atom. The Kier molecular flexibility index (Phi) is 5.11. The van der Waals surface area contributed by atoms with Crippen LogP contribution in [0.25, 0.3) is 16.7 Å². The van der Waals surface area contributed by atoms with Gasteiger partial charge in [-0.1, -0.05) is 49.1 Å². The summed E-state index contributed by atoms with van der Waals surface area (Å²) < 4.78 is 1.78. The third-order valence-corrected chi connectivity index (χ3v) is 6.15. The highest BCUT2D eigenvalue weighted by molar-refractivity contribution is 6.38. The average Bonchev–Trinajstić information content (AvgIpc) is 3.02. The van der Waals surface area contributed by atoms with E-state index < -0.39 is 0 Å². The number of hydrogen-bond donors (Lipinski definition) is 1. The second-order valence-electron chi connectivity index (χ2n) is 7.86. The number of nitrogens with zero attached hydrogens (tertiary/aromatic N) is 3. The Labute approximate surface area is 170 Å². The first-order valence-corrected chi connectivity index (χ1v) is 10.2. The molecule has 1 fully saturated rings. The maximum Gasteiger partial charge on any atom is 0.254 e. The smallest absolute Gasteiger partial charge is 0.254 e. The highest BCUT2D eigenvalue weighted by Gasteiger charge is 2.25.